The summed E-state index contributed by atoms with van der Waals surface area (Å²) < 4.78 is 4.95. The number of aliphatic imine (C=N–C) groups is 1. The fraction of sp³-hybridized carbons (Fsp3) is 0.100. The summed E-state index contributed by atoms with van der Waals surface area (Å²) in [6.07, 6.45) is 1.64. The van der Waals surface area contributed by atoms with Gasteiger partial charge in [0.25, 0.3) is 0 Å². The zero-order chi connectivity index (χ0) is 16.9. The van der Waals surface area contributed by atoms with E-state index >= 15 is 0 Å². The van der Waals surface area contributed by atoms with Crippen molar-refractivity contribution in [3.63, 3.8) is 0 Å². The molecule has 1 N–H and O–H groups in total. The van der Waals surface area contributed by atoms with Gasteiger partial charge in [-0.1, -0.05) is 30.3 Å². The molecular weight excluding hydrogens is 302 g/mol. The summed E-state index contributed by atoms with van der Waals surface area (Å²) in [6, 6.07) is 18.2. The minimum Gasteiger partial charge on any atom is -0.507 e. The minimum atomic E-state index is -0.347. The van der Waals surface area contributed by atoms with Gasteiger partial charge >= 0.3 is 5.97 Å². The van der Waals surface area contributed by atoms with Crippen LogP contribution in [-0.4, -0.2) is 23.9 Å². The second kappa shape index (κ2) is 6.96. The van der Waals surface area contributed by atoms with Crippen molar-refractivity contribution in [3.8, 4) is 5.75 Å². The first-order valence-electron chi connectivity index (χ1n) is 7.71. The molecule has 3 rings (SSSR count). The third kappa shape index (κ3) is 3.27. The van der Waals surface area contributed by atoms with E-state index in [1.165, 1.54) is 0 Å². The van der Waals surface area contributed by atoms with E-state index in [1.807, 2.05) is 30.3 Å². The number of hydrogen-bond donors (Lipinski definition) is 1. The van der Waals surface area contributed by atoms with Crippen LogP contribution in [0.15, 0.2) is 65.7 Å². The van der Waals surface area contributed by atoms with Gasteiger partial charge in [0.1, 0.15) is 5.75 Å². The van der Waals surface area contributed by atoms with Crippen LogP contribution in [-0.2, 0) is 4.74 Å². The van der Waals surface area contributed by atoms with Crippen LogP contribution in [0.4, 0.5) is 5.69 Å². The van der Waals surface area contributed by atoms with Crippen molar-refractivity contribution in [2.24, 2.45) is 4.99 Å². The van der Waals surface area contributed by atoms with Gasteiger partial charge in [0.15, 0.2) is 0 Å². The topological polar surface area (TPSA) is 58.9 Å². The number of phenols is 1. The molecule has 120 valence electrons. The first-order valence-corrected chi connectivity index (χ1v) is 7.71. The molecule has 0 aliphatic carbocycles. The normalized spacial score (nSPS) is 11.0. The third-order valence-corrected chi connectivity index (χ3v) is 3.67. The molecule has 0 aromatic heterocycles. The Bertz CT molecular complexity index is 898. The van der Waals surface area contributed by atoms with E-state index in [9.17, 15) is 9.90 Å². The van der Waals surface area contributed by atoms with Crippen molar-refractivity contribution in [2.75, 3.05) is 6.61 Å². The van der Waals surface area contributed by atoms with Crippen molar-refractivity contribution in [1.29, 1.82) is 0 Å². The number of esters is 1. The molecule has 0 heterocycles. The van der Waals surface area contributed by atoms with Crippen LogP contribution in [0.3, 0.4) is 0 Å². The van der Waals surface area contributed by atoms with E-state index in [-0.39, 0.29) is 11.7 Å². The molecule has 4 heteroatoms. The second-order valence-electron chi connectivity index (χ2n) is 5.25. The molecule has 0 spiro atoms. The highest BCUT2D eigenvalue weighted by molar-refractivity contribution is 6.03. The molecule has 3 aromatic rings. The maximum absolute atomic E-state index is 11.6. The molecule has 3 aromatic carbocycles. The third-order valence-electron chi connectivity index (χ3n) is 3.67. The summed E-state index contributed by atoms with van der Waals surface area (Å²) in [5.74, 6) is -0.166. The summed E-state index contributed by atoms with van der Waals surface area (Å²) in [4.78, 5) is 16.0. The lowest BCUT2D eigenvalue weighted by molar-refractivity contribution is 0.0526. The first-order chi connectivity index (χ1) is 11.7. The number of fused-ring (bicyclic) bond motifs is 1. The number of phenolic OH excluding ortho intramolecular Hbond substituents is 1. The maximum Gasteiger partial charge on any atom is 0.338 e. The molecule has 4 nitrogen and oxygen atoms in total. The van der Waals surface area contributed by atoms with Gasteiger partial charge in [0.2, 0.25) is 0 Å². The summed E-state index contributed by atoms with van der Waals surface area (Å²) in [6.45, 7) is 2.12. The number of rotatable bonds is 4. The minimum absolute atomic E-state index is 0.181. The highest BCUT2D eigenvalue weighted by atomic mass is 16.5. The average Bonchev–Trinajstić information content (AvgIpc) is 2.61. The van der Waals surface area contributed by atoms with Crippen LogP contribution in [0.2, 0.25) is 0 Å². The predicted molar refractivity (Wildman–Crippen MR) is 95.3 cm³/mol. The van der Waals surface area contributed by atoms with E-state index < -0.39 is 0 Å². The van der Waals surface area contributed by atoms with Gasteiger partial charge in [-0.05, 0) is 48.0 Å². The van der Waals surface area contributed by atoms with Crippen molar-refractivity contribution in [1.82, 2.24) is 0 Å². The molecule has 0 saturated carbocycles. The first kappa shape index (κ1) is 15.7. The average molecular weight is 319 g/mol. The Balaban J connectivity index is 1.89. The molecule has 0 radical (unpaired) electrons. The monoisotopic (exact) mass is 319 g/mol. The molecule has 0 aliphatic heterocycles. The Morgan fingerprint density at radius 1 is 1.08 bits per heavy atom. The SMILES string of the molecule is CCOC(=O)c1ccc(/N=C/c2c(O)ccc3ccccc23)cc1. The van der Waals surface area contributed by atoms with Crippen LogP contribution in [0.5, 0.6) is 5.75 Å². The Labute approximate surface area is 140 Å². The van der Waals surface area contributed by atoms with E-state index in [1.54, 1.807) is 43.5 Å². The largest absolute Gasteiger partial charge is 0.507 e. The van der Waals surface area contributed by atoms with E-state index in [0.717, 1.165) is 10.8 Å². The van der Waals surface area contributed by atoms with E-state index in [2.05, 4.69) is 4.99 Å². The summed E-state index contributed by atoms with van der Waals surface area (Å²) >= 11 is 0. The Morgan fingerprint density at radius 3 is 2.58 bits per heavy atom. The van der Waals surface area contributed by atoms with Crippen LogP contribution < -0.4 is 0 Å². The van der Waals surface area contributed by atoms with Crippen LogP contribution in [0.1, 0.15) is 22.8 Å². The summed E-state index contributed by atoms with van der Waals surface area (Å²) in [5.41, 5.74) is 1.85. The highest BCUT2D eigenvalue weighted by Gasteiger charge is 2.06. The lowest BCUT2D eigenvalue weighted by Crippen LogP contribution is -2.03. The van der Waals surface area contributed by atoms with Crippen LogP contribution in [0.25, 0.3) is 10.8 Å². The molecule has 0 aliphatic rings. The number of ether oxygens (including phenoxy) is 1. The summed E-state index contributed by atoms with van der Waals surface area (Å²) in [7, 11) is 0. The van der Waals surface area contributed by atoms with Gasteiger partial charge in [0.05, 0.1) is 17.9 Å². The number of aromatic hydroxyl groups is 1. The highest BCUT2D eigenvalue weighted by Crippen LogP contribution is 2.26. The maximum atomic E-state index is 11.6. The Hall–Kier alpha value is -3.14. The lowest BCUT2D eigenvalue weighted by atomic mass is 10.0. The predicted octanol–water partition coefficient (Wildman–Crippen LogP) is 4.47. The van der Waals surface area contributed by atoms with E-state index in [4.69, 9.17) is 4.74 Å². The quantitative estimate of drug-likeness (QED) is 0.570. The summed E-state index contributed by atoms with van der Waals surface area (Å²) in [5, 5.41) is 12.1. The second-order valence-corrected chi connectivity index (χ2v) is 5.25. The molecule has 0 bridgehead atoms. The molecule has 24 heavy (non-hydrogen) atoms. The fourth-order valence-corrected chi connectivity index (χ4v) is 2.46. The Kier molecular flexibility index (Phi) is 4.57. The van der Waals surface area contributed by atoms with Gasteiger partial charge in [-0.2, -0.15) is 0 Å². The number of carbonyl (C=O) groups excluding carboxylic acids is 1. The van der Waals surface area contributed by atoms with Crippen molar-refractivity contribution in [2.45, 2.75) is 6.92 Å². The van der Waals surface area contributed by atoms with Crippen LogP contribution in [0, 0.1) is 0 Å². The standard InChI is InChI=1S/C20H17NO3/c1-2-24-20(23)15-7-10-16(11-8-15)21-13-18-17-6-4-3-5-14(17)9-12-19(18)22/h3-13,22H,2H2,1H3/b21-13+. The number of nitrogens with zero attached hydrogens (tertiary/aromatic N) is 1. The number of hydrogen-bond acceptors (Lipinski definition) is 4. The fourth-order valence-electron chi connectivity index (χ4n) is 2.46. The molecule has 0 unspecified atom stereocenters. The zero-order valence-electron chi connectivity index (χ0n) is 13.3. The lowest BCUT2D eigenvalue weighted by Gasteiger charge is -2.05. The molecule has 0 amide bonds. The van der Waals surface area contributed by atoms with Gasteiger partial charge in [-0.25, -0.2) is 4.79 Å². The Morgan fingerprint density at radius 2 is 1.83 bits per heavy atom. The van der Waals surface area contributed by atoms with Gasteiger partial charge in [-0.3, -0.25) is 4.99 Å². The van der Waals surface area contributed by atoms with E-state index in [0.29, 0.717) is 23.4 Å². The van der Waals surface area contributed by atoms with Gasteiger partial charge in [0, 0.05) is 11.8 Å². The van der Waals surface area contributed by atoms with Crippen molar-refractivity contribution < 1.29 is 14.6 Å². The smallest absolute Gasteiger partial charge is 0.338 e. The molecule has 0 saturated heterocycles. The molecule has 0 fully saturated rings. The molecule has 0 atom stereocenters. The van der Waals surface area contributed by atoms with Gasteiger partial charge in [-0.15, -0.1) is 0 Å². The number of carbonyl (C=O) groups is 1. The van der Waals surface area contributed by atoms with Crippen molar-refractivity contribution >= 4 is 28.6 Å². The van der Waals surface area contributed by atoms with Crippen LogP contribution >= 0.6 is 0 Å². The molecular formula is C20H17NO3. The number of benzene rings is 3. The zero-order valence-corrected chi connectivity index (χ0v) is 13.3. The van der Waals surface area contributed by atoms with Gasteiger partial charge < -0.3 is 9.84 Å². The van der Waals surface area contributed by atoms with Crippen molar-refractivity contribution in [3.05, 3.63) is 71.8 Å².